The SMILES string of the molecule is C=C/C(=C\C)c1cccc(/C(C)=C/C)c1.CC. The third kappa shape index (κ3) is 4.44. The van der Waals surface area contributed by atoms with Gasteiger partial charge in [0.15, 0.2) is 0 Å². The normalized spacial score (nSPS) is 11.6. The van der Waals surface area contributed by atoms with Crippen LogP contribution < -0.4 is 0 Å². The minimum atomic E-state index is 1.18. The highest BCUT2D eigenvalue weighted by molar-refractivity contribution is 5.76. The molecule has 0 aromatic heterocycles. The van der Waals surface area contributed by atoms with E-state index in [1.54, 1.807) is 0 Å². The van der Waals surface area contributed by atoms with Crippen molar-refractivity contribution in [3.05, 3.63) is 60.2 Å². The number of rotatable bonds is 3. The van der Waals surface area contributed by atoms with Gasteiger partial charge in [-0.15, -0.1) is 0 Å². The van der Waals surface area contributed by atoms with Crippen LogP contribution in [0.5, 0.6) is 0 Å². The molecule has 0 nitrogen and oxygen atoms in total. The van der Waals surface area contributed by atoms with Crippen LogP contribution >= 0.6 is 0 Å². The smallest absolute Gasteiger partial charge is 0.0182 e. The first-order valence-electron chi connectivity index (χ1n) is 6.25. The Morgan fingerprint density at radius 3 is 2.12 bits per heavy atom. The van der Waals surface area contributed by atoms with E-state index in [0.717, 1.165) is 0 Å². The van der Waals surface area contributed by atoms with Crippen LogP contribution in [-0.2, 0) is 0 Å². The van der Waals surface area contributed by atoms with Gasteiger partial charge in [0, 0.05) is 0 Å². The van der Waals surface area contributed by atoms with Gasteiger partial charge in [-0.2, -0.15) is 0 Å². The van der Waals surface area contributed by atoms with Gasteiger partial charge in [-0.3, -0.25) is 0 Å². The van der Waals surface area contributed by atoms with Crippen molar-refractivity contribution >= 4 is 11.1 Å². The fourth-order valence-electron chi connectivity index (χ4n) is 1.51. The van der Waals surface area contributed by atoms with Crippen molar-refractivity contribution in [3.8, 4) is 0 Å². The van der Waals surface area contributed by atoms with Crippen LogP contribution in [0.25, 0.3) is 11.1 Å². The van der Waals surface area contributed by atoms with Crippen LogP contribution in [0.1, 0.15) is 45.7 Å². The Morgan fingerprint density at radius 1 is 1.06 bits per heavy atom. The van der Waals surface area contributed by atoms with Gasteiger partial charge in [0.25, 0.3) is 0 Å². The average Bonchev–Trinajstić information content (AvgIpc) is 2.42. The highest BCUT2D eigenvalue weighted by Crippen LogP contribution is 2.20. The molecular formula is C17H24. The predicted octanol–water partition coefficient (Wildman–Crippen LogP) is 5.73. The predicted molar refractivity (Wildman–Crippen MR) is 81.0 cm³/mol. The summed E-state index contributed by atoms with van der Waals surface area (Å²) in [6, 6.07) is 8.54. The van der Waals surface area contributed by atoms with Gasteiger partial charge < -0.3 is 0 Å². The molecule has 0 aliphatic carbocycles. The van der Waals surface area contributed by atoms with Crippen molar-refractivity contribution in [2.24, 2.45) is 0 Å². The summed E-state index contributed by atoms with van der Waals surface area (Å²) < 4.78 is 0. The lowest BCUT2D eigenvalue weighted by atomic mass is 9.99. The second kappa shape index (κ2) is 8.58. The van der Waals surface area contributed by atoms with Crippen LogP contribution in [0.3, 0.4) is 0 Å². The highest BCUT2D eigenvalue weighted by atomic mass is 14.0. The van der Waals surface area contributed by atoms with Gasteiger partial charge in [-0.05, 0) is 49.1 Å². The van der Waals surface area contributed by atoms with Crippen molar-refractivity contribution in [1.82, 2.24) is 0 Å². The quantitative estimate of drug-likeness (QED) is 0.580. The molecule has 0 unspecified atom stereocenters. The first-order valence-corrected chi connectivity index (χ1v) is 6.25. The Morgan fingerprint density at radius 2 is 1.65 bits per heavy atom. The first kappa shape index (κ1) is 15.4. The molecule has 0 radical (unpaired) electrons. The Labute approximate surface area is 106 Å². The molecule has 17 heavy (non-hydrogen) atoms. The zero-order chi connectivity index (χ0) is 13.3. The molecule has 0 N–H and O–H groups in total. The monoisotopic (exact) mass is 228 g/mol. The van der Waals surface area contributed by atoms with Gasteiger partial charge in [0.1, 0.15) is 0 Å². The van der Waals surface area contributed by atoms with Gasteiger partial charge in [-0.25, -0.2) is 0 Å². The van der Waals surface area contributed by atoms with Crippen LogP contribution in [0.4, 0.5) is 0 Å². The van der Waals surface area contributed by atoms with Crippen molar-refractivity contribution < 1.29 is 0 Å². The molecule has 0 aliphatic heterocycles. The average molecular weight is 228 g/mol. The molecular weight excluding hydrogens is 204 g/mol. The maximum atomic E-state index is 3.82. The Balaban J connectivity index is 0.00000121. The molecule has 1 aromatic carbocycles. The van der Waals surface area contributed by atoms with Crippen LogP contribution in [-0.4, -0.2) is 0 Å². The van der Waals surface area contributed by atoms with Crippen LogP contribution in [0, 0.1) is 0 Å². The number of allylic oxidation sites excluding steroid dienone is 5. The zero-order valence-electron chi connectivity index (χ0n) is 11.7. The van der Waals surface area contributed by atoms with Gasteiger partial charge in [0.2, 0.25) is 0 Å². The summed E-state index contributed by atoms with van der Waals surface area (Å²) in [5.74, 6) is 0. The Hall–Kier alpha value is -1.56. The summed E-state index contributed by atoms with van der Waals surface area (Å²) in [5.41, 5.74) is 4.99. The lowest BCUT2D eigenvalue weighted by Crippen LogP contribution is -1.84. The van der Waals surface area contributed by atoms with E-state index in [9.17, 15) is 0 Å². The molecule has 0 saturated carbocycles. The van der Waals surface area contributed by atoms with Gasteiger partial charge in [-0.1, -0.05) is 56.9 Å². The molecule has 0 bridgehead atoms. The molecule has 0 spiro atoms. The van der Waals surface area contributed by atoms with Crippen LogP contribution in [0.2, 0.25) is 0 Å². The molecule has 0 fully saturated rings. The second-order valence-corrected chi connectivity index (χ2v) is 3.50. The summed E-state index contributed by atoms with van der Waals surface area (Å²) in [6.07, 6.45) is 6.10. The largest absolute Gasteiger partial charge is 0.0985 e. The third-order valence-electron chi connectivity index (χ3n) is 2.62. The van der Waals surface area contributed by atoms with E-state index < -0.39 is 0 Å². The molecule has 0 aliphatic rings. The van der Waals surface area contributed by atoms with E-state index >= 15 is 0 Å². The second-order valence-electron chi connectivity index (χ2n) is 3.50. The first-order chi connectivity index (χ1) is 8.22. The highest BCUT2D eigenvalue weighted by Gasteiger charge is 1.99. The summed E-state index contributed by atoms with van der Waals surface area (Å²) >= 11 is 0. The minimum Gasteiger partial charge on any atom is -0.0985 e. The maximum Gasteiger partial charge on any atom is -0.0182 e. The molecule has 0 heteroatoms. The summed E-state index contributed by atoms with van der Waals surface area (Å²) in [4.78, 5) is 0. The molecule has 92 valence electrons. The fourth-order valence-corrected chi connectivity index (χ4v) is 1.51. The Kier molecular flexibility index (Phi) is 7.79. The molecule has 0 atom stereocenters. The Bertz CT molecular complexity index is 406. The molecule has 1 aromatic rings. The van der Waals surface area contributed by atoms with Gasteiger partial charge in [0.05, 0.1) is 0 Å². The van der Waals surface area contributed by atoms with E-state index in [4.69, 9.17) is 0 Å². The molecule has 0 saturated heterocycles. The number of hydrogen-bond donors (Lipinski definition) is 0. The summed E-state index contributed by atoms with van der Waals surface area (Å²) in [6.45, 7) is 14.0. The standard InChI is InChI=1S/C15H18.C2H6/c1-5-12(4)14-9-8-10-15(11-14)13(6-2)7-3;1-2/h5-11H,2H2,1,3-4H3;1-2H3/b12-5+,13-7+;. The van der Waals surface area contributed by atoms with Crippen molar-refractivity contribution in [3.63, 3.8) is 0 Å². The third-order valence-corrected chi connectivity index (χ3v) is 2.62. The van der Waals surface area contributed by atoms with Crippen molar-refractivity contribution in [1.29, 1.82) is 0 Å². The molecule has 0 amide bonds. The van der Waals surface area contributed by atoms with Crippen molar-refractivity contribution in [2.75, 3.05) is 0 Å². The van der Waals surface area contributed by atoms with E-state index in [0.29, 0.717) is 0 Å². The van der Waals surface area contributed by atoms with E-state index in [-0.39, 0.29) is 0 Å². The molecule has 1 rings (SSSR count). The van der Waals surface area contributed by atoms with E-state index in [1.807, 2.05) is 26.8 Å². The topological polar surface area (TPSA) is 0 Å². The summed E-state index contributed by atoms with van der Waals surface area (Å²) in [7, 11) is 0. The van der Waals surface area contributed by atoms with Crippen LogP contribution in [0.15, 0.2) is 49.1 Å². The lowest BCUT2D eigenvalue weighted by Gasteiger charge is -2.06. The number of hydrogen-bond acceptors (Lipinski definition) is 0. The fraction of sp³-hybridized carbons (Fsp3) is 0.294. The van der Waals surface area contributed by atoms with Gasteiger partial charge >= 0.3 is 0 Å². The zero-order valence-corrected chi connectivity index (χ0v) is 11.7. The summed E-state index contributed by atoms with van der Waals surface area (Å²) in [5, 5.41) is 0. The molecule has 0 heterocycles. The number of benzene rings is 1. The maximum absolute atomic E-state index is 3.82. The van der Waals surface area contributed by atoms with E-state index in [1.165, 1.54) is 22.3 Å². The lowest BCUT2D eigenvalue weighted by molar-refractivity contribution is 1.50. The van der Waals surface area contributed by atoms with Crippen molar-refractivity contribution in [2.45, 2.75) is 34.6 Å². The van der Waals surface area contributed by atoms with E-state index in [2.05, 4.69) is 56.8 Å². The minimum absolute atomic E-state index is 1.18.